The van der Waals surface area contributed by atoms with E-state index in [1.807, 2.05) is 0 Å². The Kier molecular flexibility index (Phi) is 3.89. The summed E-state index contributed by atoms with van der Waals surface area (Å²) in [6, 6.07) is 4.78. The van der Waals surface area contributed by atoms with Gasteiger partial charge in [0.1, 0.15) is 11.5 Å². The summed E-state index contributed by atoms with van der Waals surface area (Å²) < 4.78 is 10.2. The second kappa shape index (κ2) is 5.60. The van der Waals surface area contributed by atoms with Crippen molar-refractivity contribution in [2.24, 2.45) is 0 Å². The summed E-state index contributed by atoms with van der Waals surface area (Å²) in [5.41, 5.74) is 0.440. The van der Waals surface area contributed by atoms with Crippen LogP contribution < -0.4 is 20.1 Å². The first-order chi connectivity index (χ1) is 9.12. The van der Waals surface area contributed by atoms with E-state index in [2.05, 4.69) is 10.6 Å². The Morgan fingerprint density at radius 1 is 1.26 bits per heavy atom. The molecule has 1 aromatic carbocycles. The minimum atomic E-state index is -0.251. The van der Waals surface area contributed by atoms with Crippen molar-refractivity contribution in [3.8, 4) is 11.5 Å². The van der Waals surface area contributed by atoms with Gasteiger partial charge in [0.15, 0.2) is 0 Å². The number of benzene rings is 1. The summed E-state index contributed by atoms with van der Waals surface area (Å²) >= 11 is 0. The van der Waals surface area contributed by atoms with E-state index in [4.69, 9.17) is 9.47 Å². The van der Waals surface area contributed by atoms with Crippen molar-refractivity contribution in [3.63, 3.8) is 0 Å². The highest BCUT2D eigenvalue weighted by Crippen LogP contribution is 2.22. The Hall–Kier alpha value is -2.24. The summed E-state index contributed by atoms with van der Waals surface area (Å²) in [6.45, 7) is 0.464. The van der Waals surface area contributed by atoms with Crippen molar-refractivity contribution in [3.05, 3.63) is 23.8 Å². The molecule has 19 heavy (non-hydrogen) atoms. The molecule has 2 amide bonds. The fraction of sp³-hybridized carbons (Fsp3) is 0.385. The first-order valence-corrected chi connectivity index (χ1v) is 5.93. The smallest absolute Gasteiger partial charge is 0.251 e. The maximum atomic E-state index is 12.1. The lowest BCUT2D eigenvalue weighted by atomic mass is 10.1. The topological polar surface area (TPSA) is 76.7 Å². The first-order valence-electron chi connectivity index (χ1n) is 5.93. The van der Waals surface area contributed by atoms with Gasteiger partial charge in [0, 0.05) is 24.6 Å². The van der Waals surface area contributed by atoms with Crippen LogP contribution in [0.15, 0.2) is 18.2 Å². The lowest BCUT2D eigenvalue weighted by Crippen LogP contribution is -2.36. The molecule has 0 spiro atoms. The number of amides is 2. The third-order valence-electron chi connectivity index (χ3n) is 2.93. The van der Waals surface area contributed by atoms with Crippen molar-refractivity contribution in [2.45, 2.75) is 12.5 Å². The average Bonchev–Trinajstić information content (AvgIpc) is 2.83. The van der Waals surface area contributed by atoms with Crippen molar-refractivity contribution in [1.82, 2.24) is 10.6 Å². The van der Waals surface area contributed by atoms with Gasteiger partial charge in [-0.3, -0.25) is 9.59 Å². The predicted octanol–water partition coefficient (Wildman–Crippen LogP) is 0.322. The third kappa shape index (κ3) is 3.15. The quantitative estimate of drug-likeness (QED) is 0.821. The molecule has 102 valence electrons. The molecule has 0 aliphatic carbocycles. The van der Waals surface area contributed by atoms with Gasteiger partial charge in [-0.1, -0.05) is 0 Å². The van der Waals surface area contributed by atoms with Gasteiger partial charge in [-0.2, -0.15) is 0 Å². The van der Waals surface area contributed by atoms with Crippen LogP contribution in [-0.2, 0) is 4.79 Å². The fourth-order valence-corrected chi connectivity index (χ4v) is 1.91. The van der Waals surface area contributed by atoms with Crippen LogP contribution in [-0.4, -0.2) is 38.6 Å². The molecule has 1 fully saturated rings. The number of hydrogen-bond acceptors (Lipinski definition) is 4. The minimum Gasteiger partial charge on any atom is -0.497 e. The Morgan fingerprint density at radius 3 is 2.37 bits per heavy atom. The van der Waals surface area contributed by atoms with Crippen LogP contribution >= 0.6 is 0 Å². The SMILES string of the molecule is COc1cc(OC)cc(C(=O)N[C@H]2CNC(=O)C2)c1. The number of ether oxygens (including phenoxy) is 2. The average molecular weight is 264 g/mol. The molecule has 0 unspecified atom stereocenters. The van der Waals surface area contributed by atoms with E-state index >= 15 is 0 Å². The molecule has 0 radical (unpaired) electrons. The monoisotopic (exact) mass is 264 g/mol. The molecule has 0 bridgehead atoms. The fourth-order valence-electron chi connectivity index (χ4n) is 1.91. The number of methoxy groups -OCH3 is 2. The van der Waals surface area contributed by atoms with Crippen LogP contribution in [0.3, 0.4) is 0 Å². The molecule has 1 aliphatic rings. The predicted molar refractivity (Wildman–Crippen MR) is 68.4 cm³/mol. The van der Waals surface area contributed by atoms with Gasteiger partial charge in [-0.05, 0) is 12.1 Å². The third-order valence-corrected chi connectivity index (χ3v) is 2.93. The number of carbonyl (C=O) groups is 2. The summed E-state index contributed by atoms with van der Waals surface area (Å²) in [6.07, 6.45) is 0.312. The van der Waals surface area contributed by atoms with Crippen molar-refractivity contribution >= 4 is 11.8 Å². The molecule has 6 nitrogen and oxygen atoms in total. The zero-order valence-corrected chi connectivity index (χ0v) is 10.9. The molecule has 2 N–H and O–H groups in total. The Bertz CT molecular complexity index is 479. The highest BCUT2D eigenvalue weighted by atomic mass is 16.5. The lowest BCUT2D eigenvalue weighted by Gasteiger charge is -2.12. The van der Waals surface area contributed by atoms with Gasteiger partial charge in [-0.15, -0.1) is 0 Å². The molecular weight excluding hydrogens is 248 g/mol. The van der Waals surface area contributed by atoms with Gasteiger partial charge in [0.05, 0.1) is 20.3 Å². The number of nitrogens with one attached hydrogen (secondary N) is 2. The zero-order valence-electron chi connectivity index (χ0n) is 10.9. The molecule has 1 aliphatic heterocycles. The number of hydrogen-bond donors (Lipinski definition) is 2. The molecule has 2 rings (SSSR count). The zero-order chi connectivity index (χ0) is 13.8. The van der Waals surface area contributed by atoms with Gasteiger partial charge >= 0.3 is 0 Å². The molecule has 1 aromatic rings. The van der Waals surface area contributed by atoms with E-state index in [1.54, 1.807) is 18.2 Å². The highest BCUT2D eigenvalue weighted by molar-refractivity contribution is 5.95. The van der Waals surface area contributed by atoms with Crippen LogP contribution in [0.5, 0.6) is 11.5 Å². The van der Waals surface area contributed by atoms with E-state index in [9.17, 15) is 9.59 Å². The van der Waals surface area contributed by atoms with E-state index in [-0.39, 0.29) is 17.9 Å². The molecule has 1 heterocycles. The van der Waals surface area contributed by atoms with Crippen LogP contribution in [0.25, 0.3) is 0 Å². The van der Waals surface area contributed by atoms with Gasteiger partial charge in [0.25, 0.3) is 5.91 Å². The standard InChI is InChI=1S/C13H16N2O4/c1-18-10-3-8(4-11(6-10)19-2)13(17)15-9-5-12(16)14-7-9/h3-4,6,9H,5,7H2,1-2H3,(H,14,16)(H,15,17)/t9-/m1/s1. The summed E-state index contributed by atoms with van der Waals surface area (Å²) in [4.78, 5) is 23.2. The minimum absolute atomic E-state index is 0.0477. The Morgan fingerprint density at radius 2 is 1.89 bits per heavy atom. The van der Waals surface area contributed by atoms with Crippen LogP contribution in [0, 0.1) is 0 Å². The molecule has 1 saturated heterocycles. The lowest BCUT2D eigenvalue weighted by molar-refractivity contribution is -0.119. The molecule has 0 aromatic heterocycles. The summed E-state index contributed by atoms with van der Waals surface area (Å²) in [5.74, 6) is 0.794. The molecule has 0 saturated carbocycles. The number of carbonyl (C=O) groups excluding carboxylic acids is 2. The summed E-state index contributed by atoms with van der Waals surface area (Å²) in [5, 5.41) is 5.46. The molecule has 6 heteroatoms. The Labute approximate surface area is 111 Å². The first kappa shape index (κ1) is 13.2. The highest BCUT2D eigenvalue weighted by Gasteiger charge is 2.23. The van der Waals surface area contributed by atoms with Crippen molar-refractivity contribution in [2.75, 3.05) is 20.8 Å². The molecular formula is C13H16N2O4. The summed E-state index contributed by atoms with van der Waals surface area (Å²) in [7, 11) is 3.05. The van der Waals surface area contributed by atoms with Gasteiger partial charge in [-0.25, -0.2) is 0 Å². The van der Waals surface area contributed by atoms with Gasteiger partial charge in [0.2, 0.25) is 5.91 Å². The van der Waals surface area contributed by atoms with Crippen LogP contribution in [0.1, 0.15) is 16.8 Å². The maximum Gasteiger partial charge on any atom is 0.251 e. The largest absolute Gasteiger partial charge is 0.497 e. The van der Waals surface area contributed by atoms with Gasteiger partial charge < -0.3 is 20.1 Å². The Balaban J connectivity index is 2.11. The van der Waals surface area contributed by atoms with Crippen LogP contribution in [0.4, 0.5) is 0 Å². The van der Waals surface area contributed by atoms with E-state index in [1.165, 1.54) is 14.2 Å². The van der Waals surface area contributed by atoms with E-state index < -0.39 is 0 Å². The van der Waals surface area contributed by atoms with E-state index in [0.717, 1.165) is 0 Å². The molecule has 1 atom stereocenters. The second-order valence-corrected chi connectivity index (χ2v) is 4.28. The van der Waals surface area contributed by atoms with E-state index in [0.29, 0.717) is 30.0 Å². The number of rotatable bonds is 4. The van der Waals surface area contributed by atoms with Crippen molar-refractivity contribution < 1.29 is 19.1 Å². The normalized spacial score (nSPS) is 17.8. The van der Waals surface area contributed by atoms with Crippen molar-refractivity contribution in [1.29, 1.82) is 0 Å². The maximum absolute atomic E-state index is 12.1. The van der Waals surface area contributed by atoms with Crippen LogP contribution in [0.2, 0.25) is 0 Å². The second-order valence-electron chi connectivity index (χ2n) is 4.28.